The van der Waals surface area contributed by atoms with Crippen LogP contribution in [0.1, 0.15) is 78.6 Å². The minimum Gasteiger partial charge on any atom is -0.339 e. The molecule has 1 aliphatic rings. The number of nitrogens with zero attached hydrogens (tertiary/aromatic N) is 1. The number of hydrogen-bond acceptors (Lipinski definition) is 2. The standard InChI is InChI=1S/C19H36N2O/c1-4-5-6-7-8-9-10-11-18(22)21-14-12-17(13-15-21)16-19(2,3)20/h10-11,17H,4-9,12-16,20H2,1-3H3/b11-10+. The number of unbranched alkanes of at least 4 members (excludes halogenated alkanes) is 5. The Balaban J connectivity index is 2.17. The maximum atomic E-state index is 12.1. The summed E-state index contributed by atoms with van der Waals surface area (Å²) in [6.45, 7) is 8.19. The highest BCUT2D eigenvalue weighted by molar-refractivity contribution is 5.87. The summed E-state index contributed by atoms with van der Waals surface area (Å²) < 4.78 is 0. The van der Waals surface area contributed by atoms with Crippen LogP contribution in [0.25, 0.3) is 0 Å². The van der Waals surface area contributed by atoms with E-state index in [-0.39, 0.29) is 11.4 Å². The van der Waals surface area contributed by atoms with E-state index in [4.69, 9.17) is 5.73 Å². The van der Waals surface area contributed by atoms with Gasteiger partial charge in [-0.1, -0.05) is 38.7 Å². The van der Waals surface area contributed by atoms with Crippen molar-refractivity contribution in [2.45, 2.75) is 84.1 Å². The molecule has 0 unspecified atom stereocenters. The van der Waals surface area contributed by atoms with Gasteiger partial charge in [0.1, 0.15) is 0 Å². The molecule has 22 heavy (non-hydrogen) atoms. The second-order valence-corrected chi connectivity index (χ2v) is 7.57. The van der Waals surface area contributed by atoms with E-state index in [1.54, 1.807) is 6.08 Å². The van der Waals surface area contributed by atoms with Crippen molar-refractivity contribution in [1.29, 1.82) is 0 Å². The highest BCUT2D eigenvalue weighted by Gasteiger charge is 2.25. The minimum absolute atomic E-state index is 0.0888. The zero-order valence-electron chi connectivity index (χ0n) is 14.9. The van der Waals surface area contributed by atoms with Gasteiger partial charge in [-0.25, -0.2) is 0 Å². The van der Waals surface area contributed by atoms with Gasteiger partial charge in [-0.05, 0) is 57.9 Å². The Morgan fingerprint density at radius 3 is 2.41 bits per heavy atom. The smallest absolute Gasteiger partial charge is 0.246 e. The van der Waals surface area contributed by atoms with E-state index in [1.165, 1.54) is 32.1 Å². The van der Waals surface area contributed by atoms with E-state index in [0.717, 1.165) is 38.8 Å². The first-order chi connectivity index (χ1) is 10.4. The molecule has 0 aromatic carbocycles. The lowest BCUT2D eigenvalue weighted by molar-refractivity contribution is -0.127. The molecule has 0 radical (unpaired) electrons. The Morgan fingerprint density at radius 1 is 1.18 bits per heavy atom. The number of carbonyl (C=O) groups excluding carboxylic acids is 1. The number of nitrogens with two attached hydrogens (primary N) is 1. The highest BCUT2D eigenvalue weighted by atomic mass is 16.2. The molecule has 0 aromatic heterocycles. The summed E-state index contributed by atoms with van der Waals surface area (Å²) in [5.74, 6) is 0.866. The number of hydrogen-bond donors (Lipinski definition) is 1. The maximum Gasteiger partial charge on any atom is 0.246 e. The topological polar surface area (TPSA) is 46.3 Å². The Morgan fingerprint density at radius 2 is 1.82 bits per heavy atom. The van der Waals surface area contributed by atoms with Gasteiger partial charge in [-0.3, -0.25) is 4.79 Å². The molecule has 0 bridgehead atoms. The molecular weight excluding hydrogens is 272 g/mol. The van der Waals surface area contributed by atoms with Crippen LogP contribution >= 0.6 is 0 Å². The number of allylic oxidation sites excluding steroid dienone is 1. The molecule has 3 heteroatoms. The highest BCUT2D eigenvalue weighted by Crippen LogP contribution is 2.25. The van der Waals surface area contributed by atoms with Crippen molar-refractivity contribution in [1.82, 2.24) is 4.90 Å². The first kappa shape index (κ1) is 19.2. The second-order valence-electron chi connectivity index (χ2n) is 7.57. The van der Waals surface area contributed by atoms with Gasteiger partial charge in [0.05, 0.1) is 0 Å². The predicted octanol–water partition coefficient (Wildman–Crippen LogP) is 4.27. The molecule has 0 aromatic rings. The lowest BCUT2D eigenvalue weighted by atomic mass is 9.85. The molecule has 1 amide bonds. The van der Waals surface area contributed by atoms with Gasteiger partial charge in [0.2, 0.25) is 5.91 Å². The van der Waals surface area contributed by atoms with Crippen molar-refractivity contribution in [3.63, 3.8) is 0 Å². The fourth-order valence-electron chi connectivity index (χ4n) is 3.26. The number of rotatable bonds is 9. The molecule has 128 valence electrons. The summed E-state index contributed by atoms with van der Waals surface area (Å²) >= 11 is 0. The van der Waals surface area contributed by atoms with Crippen LogP contribution in [0.2, 0.25) is 0 Å². The van der Waals surface area contributed by atoms with Gasteiger partial charge in [-0.15, -0.1) is 0 Å². The van der Waals surface area contributed by atoms with Crippen LogP contribution in [0.3, 0.4) is 0 Å². The van der Waals surface area contributed by atoms with E-state index in [1.807, 2.05) is 4.90 Å². The molecule has 1 rings (SSSR count). The normalized spacial score (nSPS) is 17.4. The third-order valence-electron chi connectivity index (χ3n) is 4.48. The molecule has 1 heterocycles. The predicted molar refractivity (Wildman–Crippen MR) is 94.7 cm³/mol. The number of amides is 1. The maximum absolute atomic E-state index is 12.1. The lowest BCUT2D eigenvalue weighted by Gasteiger charge is -2.34. The van der Waals surface area contributed by atoms with Crippen LogP contribution in [-0.2, 0) is 4.79 Å². The lowest BCUT2D eigenvalue weighted by Crippen LogP contribution is -2.41. The molecule has 0 atom stereocenters. The number of piperidine rings is 1. The fourth-order valence-corrected chi connectivity index (χ4v) is 3.26. The Bertz CT molecular complexity index is 336. The Labute approximate surface area is 137 Å². The monoisotopic (exact) mass is 308 g/mol. The average molecular weight is 309 g/mol. The second kappa shape index (κ2) is 10.0. The van der Waals surface area contributed by atoms with Crippen LogP contribution in [0, 0.1) is 5.92 Å². The molecule has 0 aliphatic carbocycles. The van der Waals surface area contributed by atoms with Crippen molar-refractivity contribution in [2.75, 3.05) is 13.1 Å². The summed E-state index contributed by atoms with van der Waals surface area (Å²) in [7, 11) is 0. The average Bonchev–Trinajstić information content (AvgIpc) is 2.45. The Kier molecular flexibility index (Phi) is 8.77. The van der Waals surface area contributed by atoms with Gasteiger partial charge >= 0.3 is 0 Å². The SMILES string of the molecule is CCCCCCC/C=C/C(=O)N1CCC(CC(C)(C)N)CC1. The van der Waals surface area contributed by atoms with Crippen molar-refractivity contribution in [2.24, 2.45) is 11.7 Å². The molecule has 1 aliphatic heterocycles. The fraction of sp³-hybridized carbons (Fsp3) is 0.842. The quantitative estimate of drug-likeness (QED) is 0.511. The van der Waals surface area contributed by atoms with Crippen LogP contribution in [0.5, 0.6) is 0 Å². The van der Waals surface area contributed by atoms with Crippen LogP contribution in [-0.4, -0.2) is 29.4 Å². The molecule has 3 nitrogen and oxygen atoms in total. The van der Waals surface area contributed by atoms with Crippen molar-refractivity contribution in [3.05, 3.63) is 12.2 Å². The van der Waals surface area contributed by atoms with E-state index in [2.05, 4.69) is 26.8 Å². The molecule has 2 N–H and O–H groups in total. The zero-order chi connectivity index (χ0) is 16.4. The van der Waals surface area contributed by atoms with Crippen LogP contribution < -0.4 is 5.73 Å². The van der Waals surface area contributed by atoms with Gasteiger partial charge in [0, 0.05) is 18.6 Å². The summed E-state index contributed by atoms with van der Waals surface area (Å²) in [6.07, 6.45) is 14.6. The van der Waals surface area contributed by atoms with Gasteiger partial charge < -0.3 is 10.6 Å². The van der Waals surface area contributed by atoms with Crippen LogP contribution in [0.15, 0.2) is 12.2 Å². The first-order valence-corrected chi connectivity index (χ1v) is 9.16. The summed E-state index contributed by atoms with van der Waals surface area (Å²) in [6, 6.07) is 0. The molecule has 1 fully saturated rings. The summed E-state index contributed by atoms with van der Waals surface area (Å²) in [5.41, 5.74) is 6.00. The van der Waals surface area contributed by atoms with E-state index < -0.39 is 0 Å². The summed E-state index contributed by atoms with van der Waals surface area (Å²) in [5, 5.41) is 0. The largest absolute Gasteiger partial charge is 0.339 e. The van der Waals surface area contributed by atoms with E-state index in [9.17, 15) is 4.79 Å². The number of likely N-dealkylation sites (tertiary alicyclic amines) is 1. The van der Waals surface area contributed by atoms with Crippen molar-refractivity contribution >= 4 is 5.91 Å². The third kappa shape index (κ3) is 8.57. The molecule has 0 spiro atoms. The van der Waals surface area contributed by atoms with E-state index in [0.29, 0.717) is 5.92 Å². The van der Waals surface area contributed by atoms with Gasteiger partial charge in [0.25, 0.3) is 0 Å². The third-order valence-corrected chi connectivity index (χ3v) is 4.48. The Hall–Kier alpha value is -0.830. The summed E-state index contributed by atoms with van der Waals surface area (Å²) in [4.78, 5) is 14.1. The van der Waals surface area contributed by atoms with E-state index >= 15 is 0 Å². The molecule has 0 saturated carbocycles. The minimum atomic E-state index is -0.0888. The zero-order valence-corrected chi connectivity index (χ0v) is 14.9. The first-order valence-electron chi connectivity index (χ1n) is 9.16. The van der Waals surface area contributed by atoms with Gasteiger partial charge in [-0.2, -0.15) is 0 Å². The van der Waals surface area contributed by atoms with Crippen molar-refractivity contribution < 1.29 is 4.79 Å². The van der Waals surface area contributed by atoms with Crippen LogP contribution in [0.4, 0.5) is 0 Å². The number of carbonyl (C=O) groups is 1. The van der Waals surface area contributed by atoms with Crippen molar-refractivity contribution in [3.8, 4) is 0 Å². The molecular formula is C19H36N2O. The van der Waals surface area contributed by atoms with Gasteiger partial charge in [0.15, 0.2) is 0 Å². The molecule has 1 saturated heterocycles.